The second kappa shape index (κ2) is 5.05. The van der Waals surface area contributed by atoms with Gasteiger partial charge in [0.05, 0.1) is 6.33 Å². The lowest BCUT2D eigenvalue weighted by Gasteiger charge is -2.09. The van der Waals surface area contributed by atoms with Crippen LogP contribution in [0.4, 0.5) is 0 Å². The molecular formula is C14H17BrN2. The highest BCUT2D eigenvalue weighted by molar-refractivity contribution is 9.10. The standard InChI is InChI=1S/C14H17BrN2/c1-4-10(2)11-5-7-12(8-6-11)13-14(15)17(3)9-16-13/h5-10H,4H2,1-3H3. The number of hydrogen-bond donors (Lipinski definition) is 0. The second-order valence-electron chi connectivity index (χ2n) is 4.43. The van der Waals surface area contributed by atoms with Crippen LogP contribution in [0.15, 0.2) is 35.2 Å². The molecule has 3 heteroatoms. The molecule has 0 spiro atoms. The van der Waals surface area contributed by atoms with Gasteiger partial charge in [-0.15, -0.1) is 0 Å². The van der Waals surface area contributed by atoms with Crippen LogP contribution in [-0.4, -0.2) is 9.55 Å². The number of benzene rings is 1. The molecule has 0 aliphatic heterocycles. The van der Waals surface area contributed by atoms with Crippen LogP contribution in [0.3, 0.4) is 0 Å². The molecule has 2 rings (SSSR count). The van der Waals surface area contributed by atoms with E-state index in [9.17, 15) is 0 Å². The molecule has 1 heterocycles. The molecule has 1 unspecified atom stereocenters. The summed E-state index contributed by atoms with van der Waals surface area (Å²) in [6, 6.07) is 8.69. The van der Waals surface area contributed by atoms with Gasteiger partial charge in [-0.3, -0.25) is 0 Å². The van der Waals surface area contributed by atoms with Gasteiger partial charge in [-0.2, -0.15) is 0 Å². The normalized spacial score (nSPS) is 12.7. The minimum Gasteiger partial charge on any atom is -0.328 e. The molecule has 2 aromatic rings. The van der Waals surface area contributed by atoms with Crippen molar-refractivity contribution in [2.24, 2.45) is 7.05 Å². The summed E-state index contributed by atoms with van der Waals surface area (Å²) in [7, 11) is 1.98. The zero-order valence-corrected chi connectivity index (χ0v) is 12.0. The van der Waals surface area contributed by atoms with Gasteiger partial charge in [0.25, 0.3) is 0 Å². The summed E-state index contributed by atoms with van der Waals surface area (Å²) in [6.07, 6.45) is 2.99. The summed E-state index contributed by atoms with van der Waals surface area (Å²) in [4.78, 5) is 4.40. The van der Waals surface area contributed by atoms with E-state index in [2.05, 4.69) is 59.0 Å². The van der Waals surface area contributed by atoms with E-state index in [1.165, 1.54) is 12.0 Å². The smallest absolute Gasteiger partial charge is 0.112 e. The molecular weight excluding hydrogens is 276 g/mol. The van der Waals surface area contributed by atoms with Crippen molar-refractivity contribution in [2.45, 2.75) is 26.2 Å². The number of aromatic nitrogens is 2. The van der Waals surface area contributed by atoms with Crippen molar-refractivity contribution in [2.75, 3.05) is 0 Å². The summed E-state index contributed by atoms with van der Waals surface area (Å²) in [5, 5.41) is 0. The van der Waals surface area contributed by atoms with Crippen molar-refractivity contribution in [1.29, 1.82) is 0 Å². The summed E-state index contributed by atoms with van der Waals surface area (Å²) in [6.45, 7) is 4.47. The number of imidazole rings is 1. The van der Waals surface area contributed by atoms with E-state index in [0.29, 0.717) is 5.92 Å². The van der Waals surface area contributed by atoms with Gasteiger partial charge >= 0.3 is 0 Å². The van der Waals surface area contributed by atoms with Crippen LogP contribution in [0.25, 0.3) is 11.3 Å². The maximum absolute atomic E-state index is 4.40. The molecule has 90 valence electrons. The van der Waals surface area contributed by atoms with E-state index >= 15 is 0 Å². The van der Waals surface area contributed by atoms with Gasteiger partial charge in [0.2, 0.25) is 0 Å². The number of nitrogens with zero attached hydrogens (tertiary/aromatic N) is 2. The Morgan fingerprint density at radius 3 is 2.41 bits per heavy atom. The molecule has 0 bridgehead atoms. The van der Waals surface area contributed by atoms with Crippen LogP contribution in [0.2, 0.25) is 0 Å². The van der Waals surface area contributed by atoms with Crippen LogP contribution in [-0.2, 0) is 7.05 Å². The molecule has 0 N–H and O–H groups in total. The van der Waals surface area contributed by atoms with Crippen LogP contribution >= 0.6 is 15.9 Å². The third-order valence-corrected chi connectivity index (χ3v) is 4.17. The predicted octanol–water partition coefficient (Wildman–Crippen LogP) is 4.36. The van der Waals surface area contributed by atoms with E-state index < -0.39 is 0 Å². The zero-order chi connectivity index (χ0) is 12.4. The fourth-order valence-corrected chi connectivity index (χ4v) is 2.24. The maximum atomic E-state index is 4.40. The van der Waals surface area contributed by atoms with Crippen LogP contribution in [0.1, 0.15) is 31.7 Å². The Hall–Kier alpha value is -1.09. The van der Waals surface area contributed by atoms with E-state index in [-0.39, 0.29) is 0 Å². The first-order chi connectivity index (χ1) is 8.13. The van der Waals surface area contributed by atoms with Gasteiger partial charge in [-0.1, -0.05) is 38.1 Å². The van der Waals surface area contributed by atoms with Crippen molar-refractivity contribution >= 4 is 15.9 Å². The summed E-state index contributed by atoms with van der Waals surface area (Å²) >= 11 is 3.55. The van der Waals surface area contributed by atoms with Gasteiger partial charge in [0, 0.05) is 12.6 Å². The Balaban J connectivity index is 2.32. The van der Waals surface area contributed by atoms with Gasteiger partial charge in [-0.05, 0) is 33.8 Å². The van der Waals surface area contributed by atoms with E-state index in [4.69, 9.17) is 0 Å². The highest BCUT2D eigenvalue weighted by atomic mass is 79.9. The van der Waals surface area contributed by atoms with Gasteiger partial charge in [0.15, 0.2) is 0 Å². The average molecular weight is 293 g/mol. The van der Waals surface area contributed by atoms with Crippen LogP contribution < -0.4 is 0 Å². The van der Waals surface area contributed by atoms with Crippen LogP contribution in [0, 0.1) is 0 Å². The predicted molar refractivity (Wildman–Crippen MR) is 75.1 cm³/mol. The molecule has 0 aliphatic carbocycles. The number of rotatable bonds is 3. The lowest BCUT2D eigenvalue weighted by atomic mass is 9.97. The molecule has 17 heavy (non-hydrogen) atoms. The zero-order valence-electron chi connectivity index (χ0n) is 10.4. The highest BCUT2D eigenvalue weighted by Gasteiger charge is 2.09. The lowest BCUT2D eigenvalue weighted by molar-refractivity contribution is 0.734. The van der Waals surface area contributed by atoms with Crippen LogP contribution in [0.5, 0.6) is 0 Å². The number of aryl methyl sites for hydroxylation is 1. The highest BCUT2D eigenvalue weighted by Crippen LogP contribution is 2.28. The number of halogens is 1. The van der Waals surface area contributed by atoms with Crippen molar-refractivity contribution in [3.8, 4) is 11.3 Å². The quantitative estimate of drug-likeness (QED) is 0.822. The Bertz CT molecular complexity index is 499. The molecule has 0 aliphatic rings. The fourth-order valence-electron chi connectivity index (χ4n) is 1.81. The van der Waals surface area contributed by atoms with Gasteiger partial charge in [-0.25, -0.2) is 4.98 Å². The van der Waals surface area contributed by atoms with Crippen molar-refractivity contribution < 1.29 is 0 Å². The molecule has 0 fully saturated rings. The summed E-state index contributed by atoms with van der Waals surface area (Å²) in [5.74, 6) is 0.622. The minimum atomic E-state index is 0.622. The summed E-state index contributed by atoms with van der Waals surface area (Å²) < 4.78 is 2.99. The maximum Gasteiger partial charge on any atom is 0.112 e. The van der Waals surface area contributed by atoms with Crippen molar-refractivity contribution in [3.05, 3.63) is 40.8 Å². The molecule has 0 saturated heterocycles. The Labute approximate surface area is 111 Å². The van der Waals surface area contributed by atoms with E-state index in [1.807, 2.05) is 17.9 Å². The first-order valence-corrected chi connectivity index (χ1v) is 6.70. The Morgan fingerprint density at radius 1 is 1.29 bits per heavy atom. The first-order valence-electron chi connectivity index (χ1n) is 5.90. The molecule has 0 radical (unpaired) electrons. The topological polar surface area (TPSA) is 17.8 Å². The van der Waals surface area contributed by atoms with Crippen molar-refractivity contribution in [3.63, 3.8) is 0 Å². The SMILES string of the molecule is CCC(C)c1ccc(-c2ncn(C)c2Br)cc1. The minimum absolute atomic E-state index is 0.622. The van der Waals surface area contributed by atoms with E-state index in [1.54, 1.807) is 0 Å². The molecule has 1 atom stereocenters. The average Bonchev–Trinajstić information content (AvgIpc) is 2.69. The third kappa shape index (κ3) is 2.44. The fraction of sp³-hybridized carbons (Fsp3) is 0.357. The molecule has 0 amide bonds. The Morgan fingerprint density at radius 2 is 1.94 bits per heavy atom. The van der Waals surface area contributed by atoms with Gasteiger partial charge < -0.3 is 4.57 Å². The third-order valence-electron chi connectivity index (χ3n) is 3.23. The Kier molecular flexibility index (Phi) is 3.67. The first kappa shape index (κ1) is 12.4. The monoisotopic (exact) mass is 292 g/mol. The van der Waals surface area contributed by atoms with Crippen molar-refractivity contribution in [1.82, 2.24) is 9.55 Å². The summed E-state index contributed by atoms with van der Waals surface area (Å²) in [5.41, 5.74) is 3.55. The second-order valence-corrected chi connectivity index (χ2v) is 5.18. The molecule has 1 aromatic carbocycles. The molecule has 0 saturated carbocycles. The largest absolute Gasteiger partial charge is 0.328 e. The molecule has 1 aromatic heterocycles. The van der Waals surface area contributed by atoms with E-state index in [0.717, 1.165) is 15.9 Å². The lowest BCUT2D eigenvalue weighted by Crippen LogP contribution is -1.91. The number of hydrogen-bond acceptors (Lipinski definition) is 1. The molecule has 2 nitrogen and oxygen atoms in total. The van der Waals surface area contributed by atoms with Gasteiger partial charge in [0.1, 0.15) is 10.3 Å².